The minimum Gasteiger partial charge on any atom is -0.457 e. The zero-order valence-electron chi connectivity index (χ0n) is 18.3. The van der Waals surface area contributed by atoms with Crippen LogP contribution in [0.25, 0.3) is 5.57 Å². The van der Waals surface area contributed by atoms with Crippen molar-refractivity contribution in [3.8, 4) is 23.5 Å². The number of nitrogens with zero attached hydrogens (tertiary/aromatic N) is 1. The van der Waals surface area contributed by atoms with E-state index in [1.807, 2.05) is 91.9 Å². The number of benzene rings is 3. The van der Waals surface area contributed by atoms with E-state index in [1.54, 1.807) is 6.08 Å². The zero-order chi connectivity index (χ0) is 23.2. The van der Waals surface area contributed by atoms with Crippen LogP contribution in [0.3, 0.4) is 0 Å². The highest BCUT2D eigenvalue weighted by molar-refractivity contribution is 7.80. The summed E-state index contributed by atoms with van der Waals surface area (Å²) in [6, 6.07) is 24.0. The van der Waals surface area contributed by atoms with Gasteiger partial charge in [0.05, 0.1) is 12.1 Å². The van der Waals surface area contributed by atoms with Crippen LogP contribution in [0, 0.1) is 12.0 Å². The van der Waals surface area contributed by atoms with Crippen molar-refractivity contribution in [3.05, 3.63) is 120 Å². The van der Waals surface area contributed by atoms with Gasteiger partial charge in [-0.1, -0.05) is 49.1 Å². The maximum absolute atomic E-state index is 12.9. The molecule has 0 spiro atoms. The number of amides is 1. The van der Waals surface area contributed by atoms with Crippen molar-refractivity contribution in [2.75, 3.05) is 0 Å². The fraction of sp³-hybridized carbons (Fsp3) is 0.0690. The van der Waals surface area contributed by atoms with Gasteiger partial charge in [-0.15, -0.1) is 12.6 Å². The number of rotatable bonds is 5. The summed E-state index contributed by atoms with van der Waals surface area (Å²) in [5.41, 5.74) is 4.27. The van der Waals surface area contributed by atoms with E-state index >= 15 is 0 Å². The van der Waals surface area contributed by atoms with Crippen molar-refractivity contribution < 1.29 is 9.53 Å². The SMILES string of the molecule is C=C/C(=C\C=C/C)c1cc(S)c2c(c1)CN(C#Cc1ccc(Oc3ccccc3)cc1)C2=O. The topological polar surface area (TPSA) is 29.5 Å². The highest BCUT2D eigenvalue weighted by Crippen LogP contribution is 2.32. The quantitative estimate of drug-likeness (QED) is 0.261. The Hall–Kier alpha value is -3.94. The van der Waals surface area contributed by atoms with Crippen LogP contribution in [0.5, 0.6) is 11.5 Å². The van der Waals surface area contributed by atoms with E-state index in [-0.39, 0.29) is 5.91 Å². The Bertz CT molecular complexity index is 1310. The Morgan fingerprint density at radius 1 is 1.09 bits per heavy atom. The van der Waals surface area contributed by atoms with E-state index in [4.69, 9.17) is 4.74 Å². The van der Waals surface area contributed by atoms with Crippen LogP contribution >= 0.6 is 12.6 Å². The lowest BCUT2D eigenvalue weighted by Gasteiger charge is -2.07. The number of allylic oxidation sites excluding steroid dienone is 5. The molecule has 0 atom stereocenters. The average Bonchev–Trinajstić information content (AvgIpc) is 3.15. The van der Waals surface area contributed by atoms with E-state index in [1.165, 1.54) is 4.90 Å². The van der Waals surface area contributed by atoms with Crippen molar-refractivity contribution in [3.63, 3.8) is 0 Å². The Labute approximate surface area is 200 Å². The molecule has 3 aromatic carbocycles. The lowest BCUT2D eigenvalue weighted by atomic mass is 10.00. The summed E-state index contributed by atoms with van der Waals surface area (Å²) in [7, 11) is 0. The Morgan fingerprint density at radius 2 is 1.82 bits per heavy atom. The van der Waals surface area contributed by atoms with Crippen molar-refractivity contribution in [2.24, 2.45) is 0 Å². The molecule has 4 heteroatoms. The molecule has 0 N–H and O–H groups in total. The predicted molar refractivity (Wildman–Crippen MR) is 136 cm³/mol. The van der Waals surface area contributed by atoms with Crippen LogP contribution in [0.15, 0.2) is 103 Å². The molecule has 33 heavy (non-hydrogen) atoms. The molecule has 1 heterocycles. The molecule has 1 aliphatic heterocycles. The molecular formula is C29H23NO2S. The van der Waals surface area contributed by atoms with Crippen LogP contribution in [-0.4, -0.2) is 10.8 Å². The van der Waals surface area contributed by atoms with Crippen molar-refractivity contribution in [2.45, 2.75) is 18.4 Å². The fourth-order valence-corrected chi connectivity index (χ4v) is 3.91. The molecule has 0 radical (unpaired) electrons. The number of para-hydroxylation sites is 1. The monoisotopic (exact) mass is 449 g/mol. The second-order valence-corrected chi connectivity index (χ2v) is 7.93. The van der Waals surface area contributed by atoms with Gasteiger partial charge in [-0.05, 0) is 78.1 Å². The van der Waals surface area contributed by atoms with E-state index in [9.17, 15) is 4.79 Å². The standard InChI is InChI=1S/C29H23NO2S/c1-3-5-9-22(4-2)23-18-24-20-30(29(31)28(24)27(33)19-23)17-16-21-12-14-26(15-13-21)32-25-10-7-6-8-11-25/h3-15,18-19,33H,2,20H2,1H3/b5-3-,22-9+. The maximum atomic E-state index is 12.9. The Balaban J connectivity index is 1.51. The highest BCUT2D eigenvalue weighted by Gasteiger charge is 2.29. The normalized spacial score (nSPS) is 13.0. The summed E-state index contributed by atoms with van der Waals surface area (Å²) >= 11 is 4.58. The summed E-state index contributed by atoms with van der Waals surface area (Å²) in [5, 5.41) is 0. The summed E-state index contributed by atoms with van der Waals surface area (Å²) < 4.78 is 5.81. The van der Waals surface area contributed by atoms with Crippen molar-refractivity contribution >= 4 is 24.1 Å². The number of fused-ring (bicyclic) bond motifs is 1. The molecule has 4 rings (SSSR count). The lowest BCUT2D eigenvalue weighted by molar-refractivity contribution is 0.0851. The first-order valence-corrected chi connectivity index (χ1v) is 11.0. The Morgan fingerprint density at radius 3 is 2.52 bits per heavy atom. The average molecular weight is 450 g/mol. The number of thiol groups is 1. The van der Waals surface area contributed by atoms with Gasteiger partial charge in [-0.2, -0.15) is 0 Å². The largest absolute Gasteiger partial charge is 0.457 e. The smallest absolute Gasteiger partial charge is 0.267 e. The van der Waals surface area contributed by atoms with Gasteiger partial charge in [-0.25, -0.2) is 0 Å². The van der Waals surface area contributed by atoms with Crippen molar-refractivity contribution in [1.82, 2.24) is 4.90 Å². The number of hydrogen-bond acceptors (Lipinski definition) is 3. The number of ether oxygens (including phenoxy) is 1. The minimum absolute atomic E-state index is 0.129. The molecule has 1 amide bonds. The highest BCUT2D eigenvalue weighted by atomic mass is 32.1. The lowest BCUT2D eigenvalue weighted by Crippen LogP contribution is -2.17. The first-order valence-electron chi connectivity index (χ1n) is 10.6. The molecule has 0 saturated heterocycles. The first kappa shape index (κ1) is 22.3. The van der Waals surface area contributed by atoms with Gasteiger partial charge < -0.3 is 4.74 Å². The van der Waals surface area contributed by atoms with Crippen LogP contribution in [0.4, 0.5) is 0 Å². The molecule has 0 saturated carbocycles. The van der Waals surface area contributed by atoms with Gasteiger partial charge >= 0.3 is 0 Å². The third kappa shape index (κ3) is 5.11. The number of carbonyl (C=O) groups is 1. The molecule has 0 bridgehead atoms. The van der Waals surface area contributed by atoms with E-state index in [2.05, 4.69) is 31.2 Å². The molecule has 162 valence electrons. The Kier molecular flexibility index (Phi) is 6.83. The molecule has 0 aliphatic carbocycles. The van der Waals surface area contributed by atoms with Gasteiger partial charge in [0, 0.05) is 16.5 Å². The third-order valence-corrected chi connectivity index (χ3v) is 5.53. The second kappa shape index (κ2) is 10.1. The summed E-state index contributed by atoms with van der Waals surface area (Å²) in [6.07, 6.45) is 7.71. The summed E-state index contributed by atoms with van der Waals surface area (Å²) in [6.45, 7) is 6.28. The van der Waals surface area contributed by atoms with E-state index in [0.29, 0.717) is 17.0 Å². The molecule has 0 aromatic heterocycles. The van der Waals surface area contributed by atoms with E-state index < -0.39 is 0 Å². The third-order valence-electron chi connectivity index (χ3n) is 5.18. The molecule has 3 nitrogen and oxygen atoms in total. The second-order valence-electron chi connectivity index (χ2n) is 7.45. The molecule has 0 unspecified atom stereocenters. The summed E-state index contributed by atoms with van der Waals surface area (Å²) in [5.74, 6) is 4.45. The molecule has 3 aromatic rings. The predicted octanol–water partition coefficient (Wildman–Crippen LogP) is 6.88. The van der Waals surface area contributed by atoms with Gasteiger partial charge in [0.25, 0.3) is 5.91 Å². The van der Waals surface area contributed by atoms with Gasteiger partial charge in [0.1, 0.15) is 11.5 Å². The van der Waals surface area contributed by atoms with Crippen LogP contribution in [0.2, 0.25) is 0 Å². The van der Waals surface area contributed by atoms with Crippen molar-refractivity contribution in [1.29, 1.82) is 0 Å². The van der Waals surface area contributed by atoms with Crippen LogP contribution in [-0.2, 0) is 6.54 Å². The number of hydrogen-bond donors (Lipinski definition) is 1. The van der Waals surface area contributed by atoms with Gasteiger partial charge in [0.15, 0.2) is 0 Å². The minimum atomic E-state index is -0.129. The molecule has 0 fully saturated rings. The fourth-order valence-electron chi connectivity index (χ4n) is 3.54. The van der Waals surface area contributed by atoms with Crippen LogP contribution < -0.4 is 4.74 Å². The molecule has 1 aliphatic rings. The summed E-state index contributed by atoms with van der Waals surface area (Å²) in [4.78, 5) is 15.1. The van der Waals surface area contributed by atoms with Crippen LogP contribution in [0.1, 0.15) is 34.0 Å². The van der Waals surface area contributed by atoms with E-state index in [0.717, 1.165) is 33.8 Å². The number of carbonyl (C=O) groups excluding carboxylic acids is 1. The van der Waals surface area contributed by atoms with Gasteiger partial charge in [0.2, 0.25) is 0 Å². The first-order chi connectivity index (χ1) is 16.1. The zero-order valence-corrected chi connectivity index (χ0v) is 19.2. The van der Waals surface area contributed by atoms with Gasteiger partial charge in [-0.3, -0.25) is 9.69 Å². The maximum Gasteiger partial charge on any atom is 0.267 e. The molecular weight excluding hydrogens is 426 g/mol.